The molecule has 0 fully saturated rings. The normalized spacial score (nSPS) is 11.1. The predicted octanol–water partition coefficient (Wildman–Crippen LogP) is 1.82. The van der Waals surface area contributed by atoms with Crippen molar-refractivity contribution in [1.82, 2.24) is 4.90 Å². The fourth-order valence-electron chi connectivity index (χ4n) is 0.108. The molecular weight excluding hydrogens is 188 g/mol. The summed E-state index contributed by atoms with van der Waals surface area (Å²) in [7, 11) is 1.13. The van der Waals surface area contributed by atoms with E-state index in [1.165, 1.54) is 0 Å². The van der Waals surface area contributed by atoms with Crippen LogP contribution in [0, 0.1) is 0 Å². The van der Waals surface area contributed by atoms with Crippen molar-refractivity contribution in [1.29, 1.82) is 0 Å². The third kappa shape index (κ3) is 3.03. The molecule has 0 bridgehead atoms. The predicted molar refractivity (Wildman–Crippen MR) is 38.5 cm³/mol. The molecule has 0 saturated heterocycles. The van der Waals surface area contributed by atoms with Gasteiger partial charge < -0.3 is 5.11 Å². The first-order valence-corrected chi connectivity index (χ1v) is 3.05. The van der Waals surface area contributed by atoms with Crippen molar-refractivity contribution in [3.05, 3.63) is 0 Å². The van der Waals surface area contributed by atoms with Crippen LogP contribution in [0.25, 0.3) is 0 Å². The third-order valence-corrected chi connectivity index (χ3v) is 1.45. The Balaban J connectivity index is 4.04. The van der Waals surface area contributed by atoms with E-state index in [2.05, 4.69) is 12.2 Å². The van der Waals surface area contributed by atoms with Gasteiger partial charge in [-0.05, 0) is 35.4 Å². The van der Waals surface area contributed by atoms with Gasteiger partial charge in [-0.1, -0.05) is 0 Å². The first kappa shape index (κ1) is 9.20. The molecule has 1 N–H and O–H groups in total. The molecule has 0 spiro atoms. The second-order valence-electron chi connectivity index (χ2n) is 1.31. The second-order valence-corrected chi connectivity index (χ2v) is 2.87. The molecular formula is C3H4Cl2FNOS. The number of hydrogen-bond acceptors (Lipinski definition) is 1. The number of rotatable bonds is 1. The zero-order valence-electron chi connectivity index (χ0n) is 4.44. The van der Waals surface area contributed by atoms with E-state index in [1.807, 2.05) is 0 Å². The maximum Gasteiger partial charge on any atom is 0.339 e. The number of thiocarbonyl (C=S) groups is 1. The molecule has 0 atom stereocenters. The van der Waals surface area contributed by atoms with Gasteiger partial charge in [0.05, 0.1) is 0 Å². The summed E-state index contributed by atoms with van der Waals surface area (Å²) >= 11 is 13.9. The van der Waals surface area contributed by atoms with Gasteiger partial charge in [0.15, 0.2) is 0 Å². The molecule has 0 aliphatic rings. The first-order valence-electron chi connectivity index (χ1n) is 1.89. The minimum atomic E-state index is -2.63. The molecule has 0 radical (unpaired) electrons. The topological polar surface area (TPSA) is 23.5 Å². The first-order chi connectivity index (χ1) is 3.85. The average molecular weight is 192 g/mol. The molecule has 0 rings (SSSR count). The van der Waals surface area contributed by atoms with Crippen molar-refractivity contribution in [3.8, 4) is 0 Å². The summed E-state index contributed by atoms with van der Waals surface area (Å²) in [6.45, 7) is 0. The maximum atomic E-state index is 12.2. The maximum absolute atomic E-state index is 12.2. The molecule has 0 aliphatic heterocycles. The summed E-state index contributed by atoms with van der Waals surface area (Å²) in [5.74, 6) is 0. The van der Waals surface area contributed by atoms with E-state index in [4.69, 9.17) is 28.3 Å². The number of halogens is 3. The molecule has 0 aromatic carbocycles. The van der Waals surface area contributed by atoms with E-state index in [9.17, 15) is 4.39 Å². The summed E-state index contributed by atoms with van der Waals surface area (Å²) in [6, 6.07) is 0. The molecule has 0 aliphatic carbocycles. The summed E-state index contributed by atoms with van der Waals surface area (Å²) in [5, 5.41) is 7.71. The Morgan fingerprint density at radius 2 is 2.11 bits per heavy atom. The monoisotopic (exact) mass is 191 g/mol. The van der Waals surface area contributed by atoms with E-state index in [0.29, 0.717) is 4.90 Å². The molecule has 2 nitrogen and oxygen atoms in total. The molecule has 0 unspecified atom stereocenters. The van der Waals surface area contributed by atoms with Crippen molar-refractivity contribution in [2.75, 3.05) is 7.05 Å². The zero-order chi connectivity index (χ0) is 7.65. The molecule has 0 aromatic heterocycles. The van der Waals surface area contributed by atoms with Crippen LogP contribution in [-0.2, 0) is 0 Å². The van der Waals surface area contributed by atoms with Crippen LogP contribution in [0.2, 0.25) is 0 Å². The van der Waals surface area contributed by atoms with Gasteiger partial charge in [0, 0.05) is 7.05 Å². The Morgan fingerprint density at radius 1 is 1.78 bits per heavy atom. The van der Waals surface area contributed by atoms with Gasteiger partial charge in [-0.2, -0.15) is 4.39 Å². The largest absolute Gasteiger partial charge is 0.486 e. The number of hydrogen-bond donors (Lipinski definition) is 1. The van der Waals surface area contributed by atoms with Crippen LogP contribution >= 0.6 is 35.4 Å². The summed E-state index contributed by atoms with van der Waals surface area (Å²) in [4.78, 5) is 0.505. The standard InChI is InChI=1S/C3H4Cl2FNOS/c1-7(2(8)9)3(4,5)6/h1H3,(H,8,9). The highest BCUT2D eigenvalue weighted by molar-refractivity contribution is 7.79. The minimum absolute atomic E-state index is 0.505. The van der Waals surface area contributed by atoms with Crippen molar-refractivity contribution in [3.63, 3.8) is 0 Å². The van der Waals surface area contributed by atoms with Crippen molar-refractivity contribution >= 4 is 40.6 Å². The third-order valence-electron chi connectivity index (χ3n) is 0.667. The molecule has 0 heterocycles. The Hall–Kier alpha value is 0.200. The van der Waals surface area contributed by atoms with Gasteiger partial charge >= 0.3 is 4.71 Å². The van der Waals surface area contributed by atoms with E-state index < -0.39 is 9.89 Å². The lowest BCUT2D eigenvalue weighted by molar-refractivity contribution is 0.201. The number of aliphatic hydroxyl groups excluding tert-OH is 1. The van der Waals surface area contributed by atoms with Crippen LogP contribution in [0.1, 0.15) is 0 Å². The van der Waals surface area contributed by atoms with Gasteiger partial charge in [0.2, 0.25) is 0 Å². The second kappa shape index (κ2) is 2.86. The highest BCUT2D eigenvalue weighted by Crippen LogP contribution is 2.25. The van der Waals surface area contributed by atoms with Crippen LogP contribution in [0.3, 0.4) is 0 Å². The van der Waals surface area contributed by atoms with Gasteiger partial charge in [-0.25, -0.2) is 0 Å². The van der Waals surface area contributed by atoms with Crippen LogP contribution in [0.4, 0.5) is 4.39 Å². The fraction of sp³-hybridized carbons (Fsp3) is 0.667. The minimum Gasteiger partial charge on any atom is -0.486 e. The highest BCUT2D eigenvalue weighted by atomic mass is 35.5. The lowest BCUT2D eigenvalue weighted by Gasteiger charge is -2.21. The van der Waals surface area contributed by atoms with Gasteiger partial charge in [-0.3, -0.25) is 4.90 Å². The number of aliphatic hydroxyl groups is 1. The van der Waals surface area contributed by atoms with Crippen LogP contribution < -0.4 is 0 Å². The fourth-order valence-corrected chi connectivity index (χ4v) is 0.495. The van der Waals surface area contributed by atoms with Crippen molar-refractivity contribution in [2.45, 2.75) is 4.71 Å². The van der Waals surface area contributed by atoms with E-state index in [1.54, 1.807) is 0 Å². The molecule has 6 heteroatoms. The molecule has 0 aromatic rings. The Labute approximate surface area is 67.2 Å². The summed E-state index contributed by atoms with van der Waals surface area (Å²) < 4.78 is 9.61. The highest BCUT2D eigenvalue weighted by Gasteiger charge is 2.30. The van der Waals surface area contributed by atoms with Gasteiger partial charge in [-0.15, -0.1) is 0 Å². The summed E-state index contributed by atoms with van der Waals surface area (Å²) in [5.41, 5.74) is 0. The Kier molecular flexibility index (Phi) is 2.92. The average Bonchev–Trinajstić information content (AvgIpc) is 1.62. The van der Waals surface area contributed by atoms with Gasteiger partial charge in [0.1, 0.15) is 0 Å². The van der Waals surface area contributed by atoms with Gasteiger partial charge in [0.25, 0.3) is 5.17 Å². The molecule has 0 amide bonds. The van der Waals surface area contributed by atoms with E-state index in [-0.39, 0.29) is 0 Å². The Morgan fingerprint density at radius 3 is 2.11 bits per heavy atom. The van der Waals surface area contributed by atoms with E-state index >= 15 is 0 Å². The van der Waals surface area contributed by atoms with Crippen molar-refractivity contribution < 1.29 is 9.50 Å². The Bertz CT molecular complexity index is 125. The van der Waals surface area contributed by atoms with Crippen molar-refractivity contribution in [2.24, 2.45) is 0 Å². The molecule has 9 heavy (non-hydrogen) atoms. The number of nitrogens with zero attached hydrogens (tertiary/aromatic N) is 1. The smallest absolute Gasteiger partial charge is 0.339 e. The lowest BCUT2D eigenvalue weighted by Crippen LogP contribution is -2.36. The molecule has 54 valence electrons. The number of alkyl halides is 3. The SMILES string of the molecule is CN(C(O)=S)C(F)(Cl)Cl. The zero-order valence-corrected chi connectivity index (χ0v) is 6.76. The van der Waals surface area contributed by atoms with Crippen LogP contribution in [0.5, 0.6) is 0 Å². The lowest BCUT2D eigenvalue weighted by atomic mass is 10.9. The van der Waals surface area contributed by atoms with E-state index in [0.717, 1.165) is 7.05 Å². The quantitative estimate of drug-likeness (QED) is 0.389. The summed E-state index contributed by atoms with van der Waals surface area (Å²) in [6.07, 6.45) is 0. The van der Waals surface area contributed by atoms with Crippen LogP contribution in [-0.4, -0.2) is 26.9 Å². The molecule has 0 saturated carbocycles. The van der Waals surface area contributed by atoms with Crippen LogP contribution in [0.15, 0.2) is 0 Å².